The van der Waals surface area contributed by atoms with Gasteiger partial charge in [-0.2, -0.15) is 0 Å². The number of imidazole rings is 1. The van der Waals surface area contributed by atoms with Crippen LogP contribution < -0.4 is 0 Å². The van der Waals surface area contributed by atoms with Crippen LogP contribution >= 0.6 is 34.5 Å². The lowest BCUT2D eigenvalue weighted by atomic mass is 10.0. The van der Waals surface area contributed by atoms with E-state index in [1.165, 1.54) is 12.1 Å². The summed E-state index contributed by atoms with van der Waals surface area (Å²) in [5.74, 6) is 1.65. The number of hydrogen-bond donors (Lipinski definition) is 0. The van der Waals surface area contributed by atoms with E-state index in [0.29, 0.717) is 11.1 Å². The summed E-state index contributed by atoms with van der Waals surface area (Å²) in [6.07, 6.45) is 2.21. The third-order valence-corrected chi connectivity index (χ3v) is 4.72. The molecule has 1 unspecified atom stereocenters. The van der Waals surface area contributed by atoms with Crippen LogP contribution in [-0.4, -0.2) is 9.55 Å². The Kier molecular flexibility index (Phi) is 2.93. The summed E-state index contributed by atoms with van der Waals surface area (Å²) in [7, 11) is 0. The number of aromatic nitrogens is 2. The standard InChI is InChI=1S/C12H12Cl2N2S/c1-7-2-3-8-11(14)15-12(16(8)6-7)9-4-5-10(13)17-9/h4-5,7H,2-3,6H2,1H3. The van der Waals surface area contributed by atoms with Crippen LogP contribution in [0.2, 0.25) is 9.49 Å². The summed E-state index contributed by atoms with van der Waals surface area (Å²) in [6, 6.07) is 3.92. The van der Waals surface area contributed by atoms with Gasteiger partial charge in [0.05, 0.1) is 14.9 Å². The molecule has 0 saturated heterocycles. The van der Waals surface area contributed by atoms with Gasteiger partial charge in [0.25, 0.3) is 0 Å². The van der Waals surface area contributed by atoms with Crippen LogP contribution in [0.4, 0.5) is 0 Å². The molecule has 2 aromatic heterocycles. The van der Waals surface area contributed by atoms with Crippen molar-refractivity contribution < 1.29 is 0 Å². The van der Waals surface area contributed by atoms with Crippen LogP contribution in [0.15, 0.2) is 12.1 Å². The van der Waals surface area contributed by atoms with Crippen molar-refractivity contribution >= 4 is 34.5 Å². The number of nitrogens with zero attached hydrogens (tertiary/aromatic N) is 2. The average molecular weight is 287 g/mol. The molecule has 1 atom stereocenters. The minimum absolute atomic E-state index is 0.649. The highest BCUT2D eigenvalue weighted by atomic mass is 35.5. The molecule has 0 amide bonds. The van der Waals surface area contributed by atoms with Crippen molar-refractivity contribution in [3.05, 3.63) is 27.3 Å². The van der Waals surface area contributed by atoms with E-state index in [2.05, 4.69) is 16.5 Å². The van der Waals surface area contributed by atoms with E-state index in [4.69, 9.17) is 23.2 Å². The lowest BCUT2D eigenvalue weighted by Gasteiger charge is -2.22. The Balaban J connectivity index is 2.12. The highest BCUT2D eigenvalue weighted by molar-refractivity contribution is 7.19. The van der Waals surface area contributed by atoms with Gasteiger partial charge in [-0.15, -0.1) is 11.3 Å². The molecule has 0 radical (unpaired) electrons. The zero-order valence-electron chi connectivity index (χ0n) is 9.41. The molecule has 17 heavy (non-hydrogen) atoms. The number of fused-ring (bicyclic) bond motifs is 1. The van der Waals surface area contributed by atoms with Crippen molar-refractivity contribution in [3.63, 3.8) is 0 Å². The predicted octanol–water partition coefficient (Wildman–Crippen LogP) is 4.50. The molecule has 1 aliphatic rings. The van der Waals surface area contributed by atoms with Gasteiger partial charge in [-0.3, -0.25) is 0 Å². The Morgan fingerprint density at radius 3 is 2.94 bits per heavy atom. The van der Waals surface area contributed by atoms with Gasteiger partial charge in [0.2, 0.25) is 0 Å². The third kappa shape index (κ3) is 2.01. The highest BCUT2D eigenvalue weighted by Crippen LogP contribution is 2.35. The second kappa shape index (κ2) is 4.30. The summed E-state index contributed by atoms with van der Waals surface area (Å²) in [6.45, 7) is 3.27. The number of hydrogen-bond acceptors (Lipinski definition) is 2. The monoisotopic (exact) mass is 286 g/mol. The first-order valence-electron chi connectivity index (χ1n) is 5.65. The number of halogens is 2. The van der Waals surface area contributed by atoms with Crippen LogP contribution in [0.3, 0.4) is 0 Å². The molecule has 0 aromatic carbocycles. The molecule has 0 saturated carbocycles. The number of thiophene rings is 1. The van der Waals surface area contributed by atoms with E-state index in [9.17, 15) is 0 Å². The van der Waals surface area contributed by atoms with Gasteiger partial charge in [-0.05, 0) is 30.9 Å². The maximum Gasteiger partial charge on any atom is 0.152 e. The van der Waals surface area contributed by atoms with Crippen LogP contribution in [0.25, 0.3) is 10.7 Å². The molecule has 5 heteroatoms. The minimum Gasteiger partial charge on any atom is -0.326 e. The minimum atomic E-state index is 0.649. The molecule has 2 aromatic rings. The second-order valence-corrected chi connectivity index (χ2v) is 6.60. The maximum atomic E-state index is 6.21. The Morgan fingerprint density at radius 2 is 2.24 bits per heavy atom. The molecule has 0 aliphatic carbocycles. The van der Waals surface area contributed by atoms with Gasteiger partial charge in [-0.25, -0.2) is 4.98 Å². The lowest BCUT2D eigenvalue weighted by Crippen LogP contribution is -2.18. The van der Waals surface area contributed by atoms with Gasteiger partial charge in [-0.1, -0.05) is 30.1 Å². The van der Waals surface area contributed by atoms with Gasteiger partial charge >= 0.3 is 0 Å². The molecule has 90 valence electrons. The van der Waals surface area contributed by atoms with Crippen molar-refractivity contribution in [2.24, 2.45) is 5.92 Å². The Labute approximate surface area is 114 Å². The summed E-state index contributed by atoms with van der Waals surface area (Å²) in [5.41, 5.74) is 1.17. The average Bonchev–Trinajstić information content (AvgIpc) is 2.83. The lowest BCUT2D eigenvalue weighted by molar-refractivity contribution is 0.402. The van der Waals surface area contributed by atoms with E-state index in [1.54, 1.807) is 11.3 Å². The van der Waals surface area contributed by atoms with Crippen LogP contribution in [0.1, 0.15) is 19.0 Å². The second-order valence-electron chi connectivity index (χ2n) is 4.53. The normalized spacial score (nSPS) is 19.4. The Morgan fingerprint density at radius 1 is 1.41 bits per heavy atom. The van der Waals surface area contributed by atoms with E-state index in [1.807, 2.05) is 12.1 Å². The molecule has 3 heterocycles. The van der Waals surface area contributed by atoms with Crippen molar-refractivity contribution in [1.82, 2.24) is 9.55 Å². The molecule has 0 fully saturated rings. The smallest absolute Gasteiger partial charge is 0.152 e. The molecular formula is C12H12Cl2N2S. The summed E-state index contributed by atoms with van der Waals surface area (Å²) in [5, 5.41) is 0.649. The fourth-order valence-electron chi connectivity index (χ4n) is 2.30. The van der Waals surface area contributed by atoms with Gasteiger partial charge < -0.3 is 4.57 Å². The first-order chi connectivity index (χ1) is 8.15. The van der Waals surface area contributed by atoms with Crippen molar-refractivity contribution in [1.29, 1.82) is 0 Å². The fourth-order valence-corrected chi connectivity index (χ4v) is 3.62. The van der Waals surface area contributed by atoms with E-state index < -0.39 is 0 Å². The predicted molar refractivity (Wildman–Crippen MR) is 73.0 cm³/mol. The summed E-state index contributed by atoms with van der Waals surface area (Å²) >= 11 is 13.7. The van der Waals surface area contributed by atoms with Crippen molar-refractivity contribution in [3.8, 4) is 10.7 Å². The van der Waals surface area contributed by atoms with Crippen LogP contribution in [-0.2, 0) is 13.0 Å². The summed E-state index contributed by atoms with van der Waals surface area (Å²) < 4.78 is 3.04. The first-order valence-corrected chi connectivity index (χ1v) is 7.23. The molecule has 3 rings (SSSR count). The summed E-state index contributed by atoms with van der Waals surface area (Å²) in [4.78, 5) is 5.59. The van der Waals surface area contributed by atoms with Crippen LogP contribution in [0, 0.1) is 5.92 Å². The molecule has 0 N–H and O–H groups in total. The first kappa shape index (κ1) is 11.6. The Hall–Kier alpha value is -0.510. The Bertz CT molecular complexity index is 559. The highest BCUT2D eigenvalue weighted by Gasteiger charge is 2.23. The van der Waals surface area contributed by atoms with E-state index >= 15 is 0 Å². The molecule has 0 bridgehead atoms. The SMILES string of the molecule is CC1CCc2c(Cl)nc(-c3ccc(Cl)s3)n2C1. The van der Waals surface area contributed by atoms with E-state index in [-0.39, 0.29) is 0 Å². The molecular weight excluding hydrogens is 275 g/mol. The maximum absolute atomic E-state index is 6.21. The molecule has 2 nitrogen and oxygen atoms in total. The number of rotatable bonds is 1. The fraction of sp³-hybridized carbons (Fsp3) is 0.417. The third-order valence-electron chi connectivity index (χ3n) is 3.19. The van der Waals surface area contributed by atoms with Crippen LogP contribution in [0.5, 0.6) is 0 Å². The molecule has 1 aliphatic heterocycles. The van der Waals surface area contributed by atoms with Crippen molar-refractivity contribution in [2.45, 2.75) is 26.3 Å². The topological polar surface area (TPSA) is 17.8 Å². The zero-order chi connectivity index (χ0) is 12.0. The van der Waals surface area contributed by atoms with Gasteiger partial charge in [0.1, 0.15) is 0 Å². The van der Waals surface area contributed by atoms with Gasteiger partial charge in [0.15, 0.2) is 11.0 Å². The van der Waals surface area contributed by atoms with Crippen molar-refractivity contribution in [2.75, 3.05) is 0 Å². The molecule has 0 spiro atoms. The quantitative estimate of drug-likeness (QED) is 0.755. The largest absolute Gasteiger partial charge is 0.326 e. The van der Waals surface area contributed by atoms with E-state index in [0.717, 1.165) is 28.0 Å². The zero-order valence-corrected chi connectivity index (χ0v) is 11.7. The van der Waals surface area contributed by atoms with Gasteiger partial charge in [0, 0.05) is 6.54 Å².